The van der Waals surface area contributed by atoms with E-state index in [1.165, 1.54) is 0 Å². The van der Waals surface area contributed by atoms with Gasteiger partial charge < -0.3 is 0 Å². The van der Waals surface area contributed by atoms with E-state index in [2.05, 4.69) is 111 Å². The van der Waals surface area contributed by atoms with Gasteiger partial charge in [-0.25, -0.2) is 39.9 Å². The molecule has 338 valence electrons. The molecule has 12 aromatic rings. The maximum Gasteiger partial charge on any atom is 0.124 e. The highest BCUT2D eigenvalue weighted by molar-refractivity contribution is 7.18. The standard InChI is InChI=1S/C48H38N12S8/c1-23-41(61-15-49-23)57(42-24(2)50-16-62-42)35-13-36(58(43-25(3)51-17-63-43)44-26(4)52-18-64-44)32-11-12-34-38(60(47-29(7)55-21-67-47)48-30(8)56-22-68-48)14-37(33-10-9-31(35)39(32)40(33)34)59(45-27(5)53-19-65-45)46-28(6)54-20-66-46/h9-22H,1-8H3. The van der Waals surface area contributed by atoms with Gasteiger partial charge in [0, 0.05) is 32.3 Å². The van der Waals surface area contributed by atoms with Crippen LogP contribution in [0.5, 0.6) is 0 Å². The molecule has 0 saturated heterocycles. The minimum atomic E-state index is 0.944. The summed E-state index contributed by atoms with van der Waals surface area (Å²) in [5.41, 5.74) is 27.1. The molecule has 0 fully saturated rings. The van der Waals surface area contributed by atoms with Gasteiger partial charge in [0.15, 0.2) is 0 Å². The lowest BCUT2D eigenvalue weighted by Gasteiger charge is -2.32. The molecule has 0 radical (unpaired) electrons. The average molecular weight is 1040 g/mol. The summed E-state index contributed by atoms with van der Waals surface area (Å²) in [6, 6.07) is 14.0. The summed E-state index contributed by atoms with van der Waals surface area (Å²) >= 11 is 13.1. The number of thiazole rings is 8. The highest BCUT2D eigenvalue weighted by Gasteiger charge is 2.33. The molecule has 0 saturated carbocycles. The first-order valence-electron chi connectivity index (χ1n) is 21.3. The van der Waals surface area contributed by atoms with Crippen LogP contribution >= 0.6 is 90.7 Å². The summed E-state index contributed by atoms with van der Waals surface area (Å²) in [5.74, 6) is 0. The fraction of sp³-hybridized carbons (Fsp3) is 0.167. The highest BCUT2D eigenvalue weighted by Crippen LogP contribution is 2.58. The van der Waals surface area contributed by atoms with Crippen LogP contribution < -0.4 is 19.6 Å². The predicted molar refractivity (Wildman–Crippen MR) is 292 cm³/mol. The number of benzene rings is 4. The van der Waals surface area contributed by atoms with Gasteiger partial charge in [-0.1, -0.05) is 24.3 Å². The summed E-state index contributed by atoms with van der Waals surface area (Å²) in [6.07, 6.45) is 0. The van der Waals surface area contributed by atoms with Crippen molar-refractivity contribution < 1.29 is 0 Å². The van der Waals surface area contributed by atoms with E-state index in [-0.39, 0.29) is 0 Å². The van der Waals surface area contributed by atoms with E-state index < -0.39 is 0 Å². The number of anilines is 12. The van der Waals surface area contributed by atoms with E-state index in [0.717, 1.165) is 141 Å². The Hall–Kier alpha value is -5.84. The van der Waals surface area contributed by atoms with E-state index in [1.54, 1.807) is 90.7 Å². The first-order valence-corrected chi connectivity index (χ1v) is 28.3. The zero-order chi connectivity index (χ0) is 46.5. The molecule has 0 aliphatic carbocycles. The van der Waals surface area contributed by atoms with Crippen molar-refractivity contribution in [3.63, 3.8) is 0 Å². The number of hydrogen-bond donors (Lipinski definition) is 0. The van der Waals surface area contributed by atoms with Crippen LogP contribution in [0.4, 0.5) is 62.8 Å². The van der Waals surface area contributed by atoms with Crippen LogP contribution in [0.25, 0.3) is 32.3 Å². The van der Waals surface area contributed by atoms with Crippen molar-refractivity contribution in [2.75, 3.05) is 19.6 Å². The average Bonchev–Trinajstić information content (AvgIpc) is 4.20. The van der Waals surface area contributed by atoms with Crippen molar-refractivity contribution in [1.29, 1.82) is 0 Å². The number of nitrogens with zero attached hydrogens (tertiary/aromatic N) is 12. The van der Waals surface area contributed by atoms with Gasteiger partial charge in [0.1, 0.15) is 40.0 Å². The number of aryl methyl sites for hydroxylation is 8. The second kappa shape index (κ2) is 17.0. The first-order chi connectivity index (χ1) is 33.1. The molecule has 0 aliphatic rings. The van der Waals surface area contributed by atoms with E-state index in [1.807, 2.05) is 44.1 Å². The summed E-state index contributed by atoms with van der Waals surface area (Å²) in [4.78, 5) is 48.1. The third-order valence-electron chi connectivity index (χ3n) is 12.2. The van der Waals surface area contributed by atoms with E-state index in [4.69, 9.17) is 39.9 Å². The Balaban J connectivity index is 1.30. The van der Waals surface area contributed by atoms with Gasteiger partial charge in [-0.15, -0.1) is 90.7 Å². The minimum Gasteiger partial charge on any atom is -0.289 e. The monoisotopic (exact) mass is 1040 g/mol. The third-order valence-corrected chi connectivity index (χ3v) is 19.5. The van der Waals surface area contributed by atoms with Crippen molar-refractivity contribution in [3.05, 3.63) is 126 Å². The van der Waals surface area contributed by atoms with Crippen LogP contribution in [0.3, 0.4) is 0 Å². The molecule has 0 unspecified atom stereocenters. The first kappa shape index (κ1) is 43.4. The SMILES string of the molecule is Cc1ncsc1N(c1scnc1C)c1cc(N(c2scnc2C)c2scnc2C)c2ccc3c(N(c4scnc4C)c4scnc4C)cc(N(c4scnc4C)c4scnc4C)c4ccc1c2c43. The molecule has 68 heavy (non-hydrogen) atoms. The summed E-state index contributed by atoms with van der Waals surface area (Å²) < 4.78 is 0. The molecular weight excluding hydrogens is 1000 g/mol. The van der Waals surface area contributed by atoms with Crippen molar-refractivity contribution in [3.8, 4) is 0 Å². The van der Waals surface area contributed by atoms with Crippen molar-refractivity contribution >= 4 is 186 Å². The molecule has 0 spiro atoms. The molecule has 20 heteroatoms. The summed E-state index contributed by atoms with van der Waals surface area (Å²) in [6.45, 7) is 16.7. The minimum absolute atomic E-state index is 0.944. The zero-order valence-electron chi connectivity index (χ0n) is 37.7. The zero-order valence-corrected chi connectivity index (χ0v) is 44.2. The van der Waals surface area contributed by atoms with Crippen LogP contribution in [0.2, 0.25) is 0 Å². The van der Waals surface area contributed by atoms with E-state index in [9.17, 15) is 0 Å². The molecule has 8 heterocycles. The lowest BCUT2D eigenvalue weighted by atomic mass is 9.89. The molecule has 0 aliphatic heterocycles. The van der Waals surface area contributed by atoms with Gasteiger partial charge in [0.2, 0.25) is 0 Å². The molecule has 12 nitrogen and oxygen atoms in total. The van der Waals surface area contributed by atoms with Crippen LogP contribution in [0.15, 0.2) is 80.5 Å². The summed E-state index contributed by atoms with van der Waals surface area (Å²) in [7, 11) is 0. The van der Waals surface area contributed by atoms with Crippen LogP contribution in [0, 0.1) is 55.4 Å². The fourth-order valence-corrected chi connectivity index (χ4v) is 15.8. The topological polar surface area (TPSA) is 116 Å². The van der Waals surface area contributed by atoms with Gasteiger partial charge in [0.25, 0.3) is 0 Å². The second-order valence-corrected chi connectivity index (χ2v) is 22.9. The van der Waals surface area contributed by atoms with E-state index >= 15 is 0 Å². The fourth-order valence-electron chi connectivity index (χ4n) is 8.99. The Kier molecular flexibility index (Phi) is 10.9. The Morgan fingerprint density at radius 2 is 0.426 bits per heavy atom. The maximum atomic E-state index is 4.82. The Labute approximate surface area is 423 Å². The quantitative estimate of drug-likeness (QED) is 0.108. The van der Waals surface area contributed by atoms with Gasteiger partial charge in [-0.05, 0) is 67.5 Å². The Morgan fingerprint density at radius 3 is 0.559 bits per heavy atom. The smallest absolute Gasteiger partial charge is 0.124 e. The predicted octanol–water partition coefficient (Wildman–Crippen LogP) is 16.6. The van der Waals surface area contributed by atoms with Gasteiger partial charge in [0.05, 0.1) is 112 Å². The molecule has 12 rings (SSSR count). The van der Waals surface area contributed by atoms with Crippen molar-refractivity contribution in [2.45, 2.75) is 55.4 Å². The van der Waals surface area contributed by atoms with Crippen LogP contribution in [-0.2, 0) is 0 Å². The normalized spacial score (nSPS) is 11.8. The van der Waals surface area contributed by atoms with Crippen LogP contribution in [0.1, 0.15) is 45.6 Å². The van der Waals surface area contributed by atoms with Gasteiger partial charge >= 0.3 is 0 Å². The second-order valence-electron chi connectivity index (χ2n) is 16.2. The molecule has 0 atom stereocenters. The Bertz CT molecular complexity index is 3180. The molecule has 0 amide bonds. The third kappa shape index (κ3) is 6.78. The highest BCUT2D eigenvalue weighted by atomic mass is 32.1. The lowest BCUT2D eigenvalue weighted by Crippen LogP contribution is -2.16. The van der Waals surface area contributed by atoms with E-state index in [0.29, 0.717) is 0 Å². The lowest BCUT2D eigenvalue weighted by molar-refractivity contribution is 1.18. The molecule has 8 aromatic heterocycles. The molecule has 0 bridgehead atoms. The largest absolute Gasteiger partial charge is 0.289 e. The van der Waals surface area contributed by atoms with Gasteiger partial charge in [-0.3, -0.25) is 19.6 Å². The summed E-state index contributed by atoms with van der Waals surface area (Å²) in [5, 5.41) is 14.9. The van der Waals surface area contributed by atoms with Crippen molar-refractivity contribution in [2.24, 2.45) is 0 Å². The number of aromatic nitrogens is 8. The number of hydrogen-bond acceptors (Lipinski definition) is 20. The molecule has 4 aromatic carbocycles. The number of rotatable bonds is 12. The molecule has 0 N–H and O–H groups in total. The van der Waals surface area contributed by atoms with Crippen LogP contribution in [-0.4, -0.2) is 39.9 Å². The van der Waals surface area contributed by atoms with Gasteiger partial charge in [-0.2, -0.15) is 0 Å². The molecular formula is C48H38N12S8. The Morgan fingerprint density at radius 1 is 0.265 bits per heavy atom. The maximum absolute atomic E-state index is 4.82. The van der Waals surface area contributed by atoms with Crippen molar-refractivity contribution in [1.82, 2.24) is 39.9 Å².